The number of anilines is 3. The Labute approximate surface area is 258 Å². The number of benzene rings is 6. The van der Waals surface area contributed by atoms with Gasteiger partial charge in [-0.3, -0.25) is 0 Å². The van der Waals surface area contributed by atoms with Gasteiger partial charge in [-0.05, 0) is 83.3 Å². The average molecular weight is 566 g/mol. The number of rotatable bonds is 2. The Morgan fingerprint density at radius 2 is 0.955 bits per heavy atom. The normalized spacial score (nSPS) is 14.1. The Balaban J connectivity index is 1.47. The molecule has 6 aromatic rings. The van der Waals surface area contributed by atoms with Crippen molar-refractivity contribution in [2.45, 2.75) is 6.92 Å². The van der Waals surface area contributed by atoms with E-state index in [0.717, 1.165) is 61.7 Å². The molecule has 1 aliphatic rings. The molecule has 0 amide bonds. The second-order valence-electron chi connectivity index (χ2n) is 10.9. The molecule has 0 saturated heterocycles. The van der Waals surface area contributed by atoms with Crippen LogP contribution >= 0.6 is 0 Å². The summed E-state index contributed by atoms with van der Waals surface area (Å²) in [7, 11) is 0. The van der Waals surface area contributed by atoms with Crippen LogP contribution in [0.5, 0.6) is 0 Å². The molecule has 44 heavy (non-hydrogen) atoms. The smallest absolute Gasteiger partial charge is 0.160 e. The quantitative estimate of drug-likeness (QED) is 0.192. The fourth-order valence-electron chi connectivity index (χ4n) is 5.64. The molecule has 3 nitrogen and oxygen atoms in total. The van der Waals surface area contributed by atoms with Crippen LogP contribution in [0, 0.1) is 0 Å². The second kappa shape index (κ2) is 11.8. The van der Waals surface area contributed by atoms with Gasteiger partial charge in [0, 0.05) is 33.9 Å². The molecule has 0 atom stereocenters. The van der Waals surface area contributed by atoms with Crippen molar-refractivity contribution in [2.24, 2.45) is 9.98 Å². The van der Waals surface area contributed by atoms with Gasteiger partial charge in [0.25, 0.3) is 0 Å². The van der Waals surface area contributed by atoms with Crippen LogP contribution in [0.2, 0.25) is 0 Å². The molecule has 0 unspecified atom stereocenters. The first kappa shape index (κ1) is 27.1. The summed E-state index contributed by atoms with van der Waals surface area (Å²) in [5.74, 6) is 0.625. The van der Waals surface area contributed by atoms with Crippen molar-refractivity contribution in [2.75, 3.05) is 4.90 Å². The molecule has 0 saturated carbocycles. The number of amidine groups is 1. The first-order chi connectivity index (χ1) is 21.6. The Morgan fingerprint density at radius 3 is 1.57 bits per heavy atom. The molecule has 0 N–H and O–H groups in total. The van der Waals surface area contributed by atoms with Crippen LogP contribution < -0.4 is 4.90 Å². The van der Waals surface area contributed by atoms with Crippen molar-refractivity contribution >= 4 is 34.3 Å². The highest BCUT2D eigenvalue weighted by Gasteiger charge is 2.16. The third-order valence-electron chi connectivity index (χ3n) is 7.91. The van der Waals surface area contributed by atoms with E-state index in [1.54, 1.807) is 0 Å². The van der Waals surface area contributed by atoms with Crippen molar-refractivity contribution in [1.82, 2.24) is 0 Å². The highest BCUT2D eigenvalue weighted by molar-refractivity contribution is 6.13. The monoisotopic (exact) mass is 565 g/mol. The number of aliphatic imine (C=N–C) groups is 2. The van der Waals surface area contributed by atoms with Crippen molar-refractivity contribution in [3.63, 3.8) is 0 Å². The zero-order valence-corrected chi connectivity index (χ0v) is 24.6. The van der Waals surface area contributed by atoms with Gasteiger partial charge < -0.3 is 4.90 Å². The van der Waals surface area contributed by atoms with E-state index in [1.165, 1.54) is 0 Å². The summed E-state index contributed by atoms with van der Waals surface area (Å²) in [5, 5.41) is 0. The molecule has 0 spiro atoms. The summed E-state index contributed by atoms with van der Waals surface area (Å²) in [6.07, 6.45) is 0. The fourth-order valence-corrected chi connectivity index (χ4v) is 5.64. The van der Waals surface area contributed by atoms with Gasteiger partial charge >= 0.3 is 0 Å². The number of fused-ring (bicyclic) bond motifs is 10. The molecule has 8 bridgehead atoms. The molecule has 3 heteroatoms. The molecule has 0 fully saturated rings. The third kappa shape index (κ3) is 5.51. The highest BCUT2D eigenvalue weighted by atomic mass is 15.1. The Morgan fingerprint density at radius 1 is 0.500 bits per heavy atom. The van der Waals surface area contributed by atoms with Gasteiger partial charge in [0.2, 0.25) is 0 Å². The third-order valence-corrected chi connectivity index (χ3v) is 7.91. The van der Waals surface area contributed by atoms with E-state index in [0.29, 0.717) is 11.5 Å². The van der Waals surface area contributed by atoms with Gasteiger partial charge in [0.1, 0.15) is 0 Å². The van der Waals surface area contributed by atoms with E-state index in [2.05, 4.69) is 151 Å². The van der Waals surface area contributed by atoms with Gasteiger partial charge in [-0.1, -0.05) is 116 Å². The van der Waals surface area contributed by atoms with E-state index in [-0.39, 0.29) is 0 Å². The standard InChI is InChI=1S/C41H31N3/c1-29(31-13-5-3-6-14-31)42-41-37-20-10-17-34(26-37)36-19-12-24-40(28-36)44(38-21-7-4-8-22-38)39-23-11-18-35(27-39)33-16-9-15-32(25-33)30(2)43-41/h3-28H,2H2,1H3/b42-29+,43-41-. The van der Waals surface area contributed by atoms with Gasteiger partial charge in [-0.2, -0.15) is 0 Å². The lowest BCUT2D eigenvalue weighted by atomic mass is 9.99. The fraction of sp³-hybridized carbons (Fsp3) is 0.0244. The molecule has 0 aliphatic carbocycles. The summed E-state index contributed by atoms with van der Waals surface area (Å²) in [6, 6.07) is 55.0. The zero-order chi connectivity index (χ0) is 29.9. The molecule has 1 aliphatic heterocycles. The van der Waals surface area contributed by atoms with Crippen LogP contribution in [0.4, 0.5) is 17.1 Å². The van der Waals surface area contributed by atoms with E-state index in [4.69, 9.17) is 9.98 Å². The van der Waals surface area contributed by atoms with Gasteiger partial charge in [0.05, 0.1) is 5.70 Å². The average Bonchev–Trinajstić information content (AvgIpc) is 3.09. The Hall–Kier alpha value is -5.80. The maximum Gasteiger partial charge on any atom is 0.160 e. The minimum absolute atomic E-state index is 0.625. The lowest BCUT2D eigenvalue weighted by Crippen LogP contribution is -2.10. The maximum absolute atomic E-state index is 5.07. The molecule has 0 radical (unpaired) electrons. The van der Waals surface area contributed by atoms with Crippen molar-refractivity contribution < 1.29 is 0 Å². The molecule has 0 aromatic heterocycles. The number of nitrogens with zero attached hydrogens (tertiary/aromatic N) is 3. The molecule has 6 aromatic carbocycles. The van der Waals surface area contributed by atoms with E-state index in [1.807, 2.05) is 25.1 Å². The number of hydrogen-bond donors (Lipinski definition) is 0. The topological polar surface area (TPSA) is 28.0 Å². The lowest BCUT2D eigenvalue weighted by Gasteiger charge is -2.26. The van der Waals surface area contributed by atoms with Gasteiger partial charge in [0.15, 0.2) is 5.84 Å². The molecular formula is C41H31N3. The van der Waals surface area contributed by atoms with Crippen molar-refractivity contribution in [1.29, 1.82) is 0 Å². The minimum Gasteiger partial charge on any atom is -0.310 e. The van der Waals surface area contributed by atoms with Crippen LogP contribution in [0.15, 0.2) is 174 Å². The Bertz CT molecular complexity index is 2040. The predicted octanol–water partition coefficient (Wildman–Crippen LogP) is 10.7. The SMILES string of the molecule is C=C1/N=C(\N=C(/C)c2ccccc2)c2cccc(c2)-c2cccc(c2)N(c2ccccc2)c2cccc(c2)-c2cccc1c2. The molecule has 7 rings (SSSR count). The van der Waals surface area contributed by atoms with Crippen molar-refractivity contribution in [3.05, 3.63) is 181 Å². The first-order valence-corrected chi connectivity index (χ1v) is 14.8. The van der Waals surface area contributed by atoms with Crippen LogP contribution in [0.3, 0.4) is 0 Å². The van der Waals surface area contributed by atoms with E-state index >= 15 is 0 Å². The zero-order valence-electron chi connectivity index (χ0n) is 24.6. The van der Waals surface area contributed by atoms with Crippen LogP contribution in [-0.2, 0) is 0 Å². The first-order valence-electron chi connectivity index (χ1n) is 14.8. The van der Waals surface area contributed by atoms with Crippen LogP contribution in [0.25, 0.3) is 28.0 Å². The summed E-state index contributed by atoms with van der Waals surface area (Å²) in [5.41, 5.74) is 12.2. The summed E-state index contributed by atoms with van der Waals surface area (Å²) in [6.45, 7) is 6.43. The van der Waals surface area contributed by atoms with Crippen LogP contribution in [0.1, 0.15) is 23.6 Å². The summed E-state index contributed by atoms with van der Waals surface area (Å²) < 4.78 is 0. The largest absolute Gasteiger partial charge is 0.310 e. The highest BCUT2D eigenvalue weighted by Crippen LogP contribution is 2.38. The van der Waals surface area contributed by atoms with Gasteiger partial charge in [-0.25, -0.2) is 9.98 Å². The lowest BCUT2D eigenvalue weighted by molar-refractivity contribution is 1.28. The number of para-hydroxylation sites is 1. The molecule has 1 heterocycles. The molecular weight excluding hydrogens is 534 g/mol. The van der Waals surface area contributed by atoms with E-state index < -0.39 is 0 Å². The minimum atomic E-state index is 0.625. The van der Waals surface area contributed by atoms with Crippen LogP contribution in [-0.4, -0.2) is 11.5 Å². The summed E-state index contributed by atoms with van der Waals surface area (Å²) >= 11 is 0. The van der Waals surface area contributed by atoms with E-state index in [9.17, 15) is 0 Å². The number of hydrogen-bond acceptors (Lipinski definition) is 3. The Kier molecular flexibility index (Phi) is 7.27. The second-order valence-corrected chi connectivity index (χ2v) is 10.9. The maximum atomic E-state index is 5.07. The summed E-state index contributed by atoms with van der Waals surface area (Å²) in [4.78, 5) is 12.4. The predicted molar refractivity (Wildman–Crippen MR) is 186 cm³/mol. The van der Waals surface area contributed by atoms with Crippen molar-refractivity contribution in [3.8, 4) is 22.3 Å². The molecule has 210 valence electrons. The van der Waals surface area contributed by atoms with Gasteiger partial charge in [-0.15, -0.1) is 0 Å².